The average molecular weight is 321 g/mol. The van der Waals surface area contributed by atoms with Crippen molar-refractivity contribution in [2.75, 3.05) is 27.3 Å². The van der Waals surface area contributed by atoms with E-state index in [0.717, 1.165) is 5.76 Å². The van der Waals surface area contributed by atoms with Crippen LogP contribution in [0.15, 0.2) is 15.6 Å². The van der Waals surface area contributed by atoms with E-state index in [1.807, 2.05) is 20.8 Å². The molecule has 2 aliphatic rings. The van der Waals surface area contributed by atoms with Gasteiger partial charge in [0.15, 0.2) is 5.76 Å². The van der Waals surface area contributed by atoms with Gasteiger partial charge in [0.1, 0.15) is 6.20 Å². The number of hydrogen-bond donors (Lipinski definition) is 0. The summed E-state index contributed by atoms with van der Waals surface area (Å²) in [5.41, 5.74) is -0.192. The molecule has 3 heterocycles. The summed E-state index contributed by atoms with van der Waals surface area (Å²) >= 11 is 0. The Kier molecular flexibility index (Phi) is 3.51. The number of methoxy groups -OCH3 is 1. The number of likely N-dealkylation sites (N-methyl/N-ethyl adjacent to an activating group) is 1. The number of urea groups is 1. The first-order valence-electron chi connectivity index (χ1n) is 7.47. The van der Waals surface area contributed by atoms with Crippen LogP contribution in [-0.4, -0.2) is 54.9 Å². The zero-order valence-corrected chi connectivity index (χ0v) is 14.0. The Hall–Kier alpha value is -2.22. The van der Waals surface area contributed by atoms with E-state index in [0.29, 0.717) is 18.5 Å². The minimum Gasteiger partial charge on any atom is -0.389 e. The summed E-state index contributed by atoms with van der Waals surface area (Å²) < 4.78 is 12.5. The number of aromatic nitrogens is 1. The van der Waals surface area contributed by atoms with Crippen molar-refractivity contribution in [3.05, 3.63) is 12.0 Å². The lowest BCUT2D eigenvalue weighted by atomic mass is 9.94. The number of amidine groups is 1. The van der Waals surface area contributed by atoms with Crippen LogP contribution in [-0.2, 0) is 14.9 Å². The van der Waals surface area contributed by atoms with Crippen LogP contribution in [0, 0.1) is 0 Å². The average Bonchev–Trinajstić information content (AvgIpc) is 3.02. The number of aliphatic imine (C=N–C) groups is 1. The van der Waals surface area contributed by atoms with Crippen LogP contribution >= 0.6 is 0 Å². The predicted octanol–water partition coefficient (Wildman–Crippen LogP) is 0.990. The molecule has 0 aliphatic carbocycles. The van der Waals surface area contributed by atoms with Crippen LogP contribution in [0.5, 0.6) is 0 Å². The van der Waals surface area contributed by atoms with Crippen molar-refractivity contribution in [2.45, 2.75) is 32.2 Å². The molecule has 0 N–H and O–H groups in total. The number of amides is 3. The molecule has 0 saturated carbocycles. The zero-order valence-electron chi connectivity index (χ0n) is 14.0. The Morgan fingerprint density at radius 1 is 1.39 bits per heavy atom. The van der Waals surface area contributed by atoms with Gasteiger partial charge in [0.2, 0.25) is 0 Å². The molecule has 1 saturated heterocycles. The van der Waals surface area contributed by atoms with Gasteiger partial charge in [0.25, 0.3) is 17.8 Å². The van der Waals surface area contributed by atoms with E-state index in [2.05, 4.69) is 4.99 Å². The molecule has 1 aromatic rings. The third kappa shape index (κ3) is 2.33. The highest BCUT2D eigenvalue weighted by molar-refractivity contribution is 6.18. The number of ether oxygens (including phenoxy) is 1. The highest BCUT2D eigenvalue weighted by Crippen LogP contribution is 2.32. The number of fused-ring (bicyclic) bond motifs is 3. The summed E-state index contributed by atoms with van der Waals surface area (Å²) in [5, 5.41) is 0. The normalized spacial score (nSPS) is 20.7. The molecule has 1 fully saturated rings. The van der Waals surface area contributed by atoms with Crippen molar-refractivity contribution < 1.29 is 23.3 Å². The SMILES string of the molecule is COCCN1C(=O)C2C(=Nc3oc(C(C)(C)C)c[n+]32)N(C)C1=O. The van der Waals surface area contributed by atoms with E-state index in [4.69, 9.17) is 9.15 Å². The predicted molar refractivity (Wildman–Crippen MR) is 80.5 cm³/mol. The van der Waals surface area contributed by atoms with Crippen LogP contribution in [0.25, 0.3) is 0 Å². The Balaban J connectivity index is 2.00. The Bertz CT molecular complexity index is 701. The van der Waals surface area contributed by atoms with E-state index < -0.39 is 12.1 Å². The van der Waals surface area contributed by atoms with Gasteiger partial charge in [-0.25, -0.2) is 4.79 Å². The van der Waals surface area contributed by atoms with Gasteiger partial charge in [-0.05, 0) is 0 Å². The molecule has 3 rings (SSSR count). The first kappa shape index (κ1) is 15.7. The van der Waals surface area contributed by atoms with Gasteiger partial charge in [-0.15, -0.1) is 0 Å². The maximum absolute atomic E-state index is 12.8. The molecule has 0 bridgehead atoms. The fraction of sp³-hybridized carbons (Fsp3) is 0.600. The molecule has 0 spiro atoms. The minimum atomic E-state index is -0.663. The third-order valence-corrected chi connectivity index (χ3v) is 4.03. The van der Waals surface area contributed by atoms with Gasteiger partial charge >= 0.3 is 12.0 Å². The number of hydrogen-bond acceptors (Lipinski definition) is 5. The van der Waals surface area contributed by atoms with E-state index >= 15 is 0 Å². The third-order valence-electron chi connectivity index (χ3n) is 4.03. The van der Waals surface area contributed by atoms with Crippen LogP contribution < -0.4 is 4.57 Å². The fourth-order valence-corrected chi connectivity index (χ4v) is 2.65. The van der Waals surface area contributed by atoms with Crippen LogP contribution in [0.3, 0.4) is 0 Å². The fourth-order valence-electron chi connectivity index (χ4n) is 2.65. The second-order valence-electron chi connectivity index (χ2n) is 6.73. The Morgan fingerprint density at radius 2 is 2.09 bits per heavy atom. The molecule has 0 radical (unpaired) electrons. The monoisotopic (exact) mass is 321 g/mol. The van der Waals surface area contributed by atoms with Crippen molar-refractivity contribution in [3.8, 4) is 0 Å². The van der Waals surface area contributed by atoms with Crippen molar-refractivity contribution in [2.24, 2.45) is 4.99 Å². The maximum Gasteiger partial charge on any atom is 0.506 e. The van der Waals surface area contributed by atoms with Gasteiger partial charge in [-0.1, -0.05) is 20.8 Å². The number of carbonyl (C=O) groups is 2. The van der Waals surface area contributed by atoms with Crippen LogP contribution in [0.2, 0.25) is 0 Å². The number of rotatable bonds is 3. The highest BCUT2D eigenvalue weighted by Gasteiger charge is 2.55. The lowest BCUT2D eigenvalue weighted by Crippen LogP contribution is -2.63. The van der Waals surface area contributed by atoms with E-state index in [1.54, 1.807) is 17.8 Å². The second-order valence-corrected chi connectivity index (χ2v) is 6.73. The minimum absolute atomic E-state index is 0.192. The summed E-state index contributed by atoms with van der Waals surface area (Å²) in [6.45, 7) is 6.57. The van der Waals surface area contributed by atoms with Gasteiger partial charge in [0.05, 0.1) is 13.2 Å². The lowest BCUT2D eigenvalue weighted by molar-refractivity contribution is -0.679. The van der Waals surface area contributed by atoms with Gasteiger partial charge in [-0.3, -0.25) is 14.6 Å². The second kappa shape index (κ2) is 5.16. The van der Waals surface area contributed by atoms with E-state index in [-0.39, 0.29) is 17.9 Å². The van der Waals surface area contributed by atoms with Crippen LogP contribution in [0.4, 0.5) is 10.8 Å². The first-order valence-corrected chi connectivity index (χ1v) is 7.47. The molecule has 124 valence electrons. The van der Waals surface area contributed by atoms with Crippen molar-refractivity contribution in [3.63, 3.8) is 0 Å². The van der Waals surface area contributed by atoms with Crippen molar-refractivity contribution >= 4 is 23.8 Å². The molecule has 1 aromatic heterocycles. The molecular formula is C15H21N4O4+. The number of nitrogens with zero attached hydrogens (tertiary/aromatic N) is 4. The summed E-state index contributed by atoms with van der Waals surface area (Å²) in [4.78, 5) is 32.0. The molecule has 23 heavy (non-hydrogen) atoms. The summed E-state index contributed by atoms with van der Waals surface area (Å²) in [7, 11) is 3.14. The molecule has 1 unspecified atom stereocenters. The quantitative estimate of drug-likeness (QED) is 0.778. The highest BCUT2D eigenvalue weighted by atomic mass is 16.5. The van der Waals surface area contributed by atoms with Gasteiger partial charge in [0, 0.05) is 24.6 Å². The van der Waals surface area contributed by atoms with Gasteiger partial charge in [-0.2, -0.15) is 4.57 Å². The molecule has 1 atom stereocenters. The number of imide groups is 1. The molecule has 8 nitrogen and oxygen atoms in total. The van der Waals surface area contributed by atoms with Crippen molar-refractivity contribution in [1.82, 2.24) is 9.80 Å². The molecular weight excluding hydrogens is 300 g/mol. The Labute approximate surface area is 134 Å². The smallest absolute Gasteiger partial charge is 0.389 e. The summed E-state index contributed by atoms with van der Waals surface area (Å²) in [5.74, 6) is 0.827. The number of oxazole rings is 1. The maximum atomic E-state index is 12.8. The zero-order chi connectivity index (χ0) is 16.9. The largest absolute Gasteiger partial charge is 0.506 e. The number of carbonyl (C=O) groups excluding carboxylic acids is 2. The molecule has 8 heteroatoms. The van der Waals surface area contributed by atoms with Crippen LogP contribution in [0.1, 0.15) is 32.6 Å². The Morgan fingerprint density at radius 3 is 2.70 bits per heavy atom. The molecule has 2 aliphatic heterocycles. The first-order chi connectivity index (χ1) is 10.8. The van der Waals surface area contributed by atoms with E-state index in [9.17, 15) is 9.59 Å². The molecule has 3 amide bonds. The lowest BCUT2D eigenvalue weighted by Gasteiger charge is -2.31. The summed E-state index contributed by atoms with van der Waals surface area (Å²) in [6, 6.07) is -0.718. The van der Waals surface area contributed by atoms with Gasteiger partial charge < -0.3 is 9.15 Å². The molecule has 0 aromatic carbocycles. The van der Waals surface area contributed by atoms with Crippen molar-refractivity contribution in [1.29, 1.82) is 0 Å². The summed E-state index contributed by atoms with van der Waals surface area (Å²) in [6.07, 6.45) is 1.80. The topological polar surface area (TPSA) is 79.2 Å². The standard InChI is InChI=1S/C15H21N4O4/c1-15(2,3)9-8-19-10-11(16-13(19)23-9)17(4)14(21)18(12(10)20)6-7-22-5/h8,10H,6-7H2,1-5H3/q+1. The van der Waals surface area contributed by atoms with E-state index in [1.165, 1.54) is 16.9 Å².